The normalized spacial score (nSPS) is 17.7. The van der Waals surface area contributed by atoms with Gasteiger partial charge in [0.05, 0.1) is 12.6 Å². The van der Waals surface area contributed by atoms with Crippen LogP contribution in [0.15, 0.2) is 35.7 Å². The number of thiophene rings is 1. The van der Waals surface area contributed by atoms with Crippen LogP contribution in [0.4, 0.5) is 5.69 Å². The Labute approximate surface area is 148 Å². The average Bonchev–Trinajstić information content (AvgIpc) is 3.16. The van der Waals surface area contributed by atoms with Crippen LogP contribution in [0.3, 0.4) is 0 Å². The lowest BCUT2D eigenvalue weighted by atomic mass is 10.2. The van der Waals surface area contributed by atoms with Crippen molar-refractivity contribution in [2.75, 3.05) is 18.4 Å². The van der Waals surface area contributed by atoms with E-state index < -0.39 is 0 Å². The molecular formula is C17H19IN2OS. The molecule has 0 radical (unpaired) electrons. The van der Waals surface area contributed by atoms with E-state index in [1.165, 1.54) is 14.0 Å². The van der Waals surface area contributed by atoms with Crippen LogP contribution in [0, 0.1) is 10.5 Å². The molecule has 2 aromatic rings. The van der Waals surface area contributed by atoms with Crippen LogP contribution in [0.2, 0.25) is 0 Å². The predicted octanol–water partition coefficient (Wildman–Crippen LogP) is 4.44. The van der Waals surface area contributed by atoms with E-state index >= 15 is 0 Å². The van der Waals surface area contributed by atoms with E-state index in [0.717, 1.165) is 25.1 Å². The van der Waals surface area contributed by atoms with Crippen molar-refractivity contribution in [2.45, 2.75) is 25.8 Å². The van der Waals surface area contributed by atoms with Crippen molar-refractivity contribution in [1.82, 2.24) is 4.90 Å². The Hall–Kier alpha value is -1.08. The van der Waals surface area contributed by atoms with Crippen LogP contribution in [-0.2, 0) is 4.79 Å². The number of aryl methyl sites for hydroxylation is 1. The van der Waals surface area contributed by atoms with Gasteiger partial charge in [-0.05, 0) is 77.6 Å². The lowest BCUT2D eigenvalue weighted by Gasteiger charge is -2.24. The van der Waals surface area contributed by atoms with Crippen molar-refractivity contribution in [3.05, 3.63) is 49.7 Å². The van der Waals surface area contributed by atoms with E-state index in [4.69, 9.17) is 0 Å². The van der Waals surface area contributed by atoms with Gasteiger partial charge >= 0.3 is 0 Å². The maximum absolute atomic E-state index is 12.6. The lowest BCUT2D eigenvalue weighted by molar-refractivity contribution is -0.130. The van der Waals surface area contributed by atoms with Gasteiger partial charge in [-0.2, -0.15) is 0 Å². The number of carbonyl (C=O) groups is 1. The molecule has 22 heavy (non-hydrogen) atoms. The molecule has 116 valence electrons. The minimum absolute atomic E-state index is 0.189. The molecular weight excluding hydrogens is 407 g/mol. The standard InChI is InChI=1S/C17H19IN2OS/c1-12-10-13(18)6-7-14(12)19-11-17(21)20-8-2-4-15(20)16-5-3-9-22-16/h3,5-7,9-10,15,19H,2,4,8,11H2,1H3. The van der Waals surface area contributed by atoms with Gasteiger partial charge in [-0.1, -0.05) is 6.07 Å². The third-order valence-electron chi connectivity index (χ3n) is 4.06. The summed E-state index contributed by atoms with van der Waals surface area (Å²) >= 11 is 4.05. The zero-order valence-corrected chi connectivity index (χ0v) is 15.5. The topological polar surface area (TPSA) is 32.3 Å². The van der Waals surface area contributed by atoms with Crippen LogP contribution in [0.25, 0.3) is 0 Å². The minimum atomic E-state index is 0.189. The van der Waals surface area contributed by atoms with E-state index in [9.17, 15) is 4.79 Å². The number of benzene rings is 1. The first-order chi connectivity index (χ1) is 10.6. The molecule has 1 amide bonds. The summed E-state index contributed by atoms with van der Waals surface area (Å²) in [6.07, 6.45) is 2.17. The number of halogens is 1. The zero-order valence-electron chi connectivity index (χ0n) is 12.5. The van der Waals surface area contributed by atoms with E-state index in [-0.39, 0.29) is 11.9 Å². The number of nitrogens with zero attached hydrogens (tertiary/aromatic N) is 1. The summed E-state index contributed by atoms with van der Waals surface area (Å²) in [5.74, 6) is 0.189. The first-order valence-corrected chi connectivity index (χ1v) is 9.44. The highest BCUT2D eigenvalue weighted by atomic mass is 127. The number of hydrogen-bond acceptors (Lipinski definition) is 3. The van der Waals surface area contributed by atoms with Crippen molar-refractivity contribution in [1.29, 1.82) is 0 Å². The molecule has 1 aliphatic heterocycles. The van der Waals surface area contributed by atoms with E-state index in [2.05, 4.69) is 64.5 Å². The number of hydrogen-bond donors (Lipinski definition) is 1. The summed E-state index contributed by atoms with van der Waals surface area (Å²) in [6, 6.07) is 10.7. The van der Waals surface area contributed by atoms with Crippen LogP contribution >= 0.6 is 33.9 Å². The van der Waals surface area contributed by atoms with Crippen molar-refractivity contribution in [2.24, 2.45) is 0 Å². The molecule has 0 bridgehead atoms. The van der Waals surface area contributed by atoms with Gasteiger partial charge in [-0.3, -0.25) is 4.79 Å². The molecule has 1 aromatic heterocycles. The summed E-state index contributed by atoms with van der Waals surface area (Å²) in [6.45, 7) is 3.30. The SMILES string of the molecule is Cc1cc(I)ccc1NCC(=O)N1CCCC1c1cccs1. The second-order valence-electron chi connectivity index (χ2n) is 5.57. The van der Waals surface area contributed by atoms with E-state index in [1.807, 2.05) is 11.0 Å². The largest absolute Gasteiger partial charge is 0.376 e. The van der Waals surface area contributed by atoms with Crippen molar-refractivity contribution >= 4 is 45.5 Å². The summed E-state index contributed by atoms with van der Waals surface area (Å²) in [5, 5.41) is 5.38. The van der Waals surface area contributed by atoms with Crippen LogP contribution in [0.1, 0.15) is 29.3 Å². The van der Waals surface area contributed by atoms with Crippen molar-refractivity contribution in [3.63, 3.8) is 0 Å². The molecule has 1 saturated heterocycles. The first-order valence-electron chi connectivity index (χ1n) is 7.48. The number of likely N-dealkylation sites (tertiary alicyclic amines) is 1. The highest BCUT2D eigenvalue weighted by molar-refractivity contribution is 14.1. The average molecular weight is 426 g/mol. The summed E-state index contributed by atoms with van der Waals surface area (Å²) in [4.78, 5) is 15.9. The van der Waals surface area contributed by atoms with Crippen molar-refractivity contribution in [3.8, 4) is 0 Å². The second kappa shape index (κ2) is 7.00. The van der Waals surface area contributed by atoms with Gasteiger partial charge in [0.15, 0.2) is 0 Å². The van der Waals surface area contributed by atoms with Gasteiger partial charge in [0.2, 0.25) is 5.91 Å². The maximum atomic E-state index is 12.6. The Morgan fingerprint density at radius 1 is 1.45 bits per heavy atom. The Balaban J connectivity index is 1.64. The summed E-state index contributed by atoms with van der Waals surface area (Å²) in [5.41, 5.74) is 2.22. The van der Waals surface area contributed by atoms with Gasteiger partial charge in [0.25, 0.3) is 0 Å². The number of anilines is 1. The number of carbonyl (C=O) groups excluding carboxylic acids is 1. The third kappa shape index (κ3) is 3.46. The number of nitrogens with one attached hydrogen (secondary N) is 1. The molecule has 0 aliphatic carbocycles. The highest BCUT2D eigenvalue weighted by Gasteiger charge is 2.30. The second-order valence-corrected chi connectivity index (χ2v) is 7.80. The fourth-order valence-corrected chi connectivity index (χ4v) is 4.46. The Bertz CT molecular complexity index is 657. The Morgan fingerprint density at radius 2 is 2.32 bits per heavy atom. The minimum Gasteiger partial charge on any atom is -0.376 e. The summed E-state index contributed by atoms with van der Waals surface area (Å²) < 4.78 is 1.21. The quantitative estimate of drug-likeness (QED) is 0.734. The molecule has 1 aliphatic rings. The van der Waals surface area contributed by atoms with Gasteiger partial charge in [0, 0.05) is 20.7 Å². The first kappa shape index (κ1) is 15.8. The Kier molecular flexibility index (Phi) is 5.03. The molecule has 1 fully saturated rings. The van der Waals surface area contributed by atoms with Crippen LogP contribution < -0.4 is 5.32 Å². The smallest absolute Gasteiger partial charge is 0.242 e. The van der Waals surface area contributed by atoms with Gasteiger partial charge < -0.3 is 10.2 Å². The van der Waals surface area contributed by atoms with Gasteiger partial charge in [-0.15, -0.1) is 11.3 Å². The molecule has 3 nitrogen and oxygen atoms in total. The van der Waals surface area contributed by atoms with E-state index in [1.54, 1.807) is 11.3 Å². The molecule has 1 unspecified atom stereocenters. The van der Waals surface area contributed by atoms with Gasteiger partial charge in [0.1, 0.15) is 0 Å². The molecule has 3 rings (SSSR count). The molecule has 0 saturated carbocycles. The lowest BCUT2D eigenvalue weighted by Crippen LogP contribution is -2.34. The zero-order chi connectivity index (χ0) is 15.5. The molecule has 1 aromatic carbocycles. The fourth-order valence-electron chi connectivity index (χ4n) is 2.94. The van der Waals surface area contributed by atoms with E-state index in [0.29, 0.717) is 6.54 Å². The highest BCUT2D eigenvalue weighted by Crippen LogP contribution is 2.34. The van der Waals surface area contributed by atoms with Crippen LogP contribution in [-0.4, -0.2) is 23.9 Å². The maximum Gasteiger partial charge on any atom is 0.242 e. The molecule has 1 N–H and O–H groups in total. The third-order valence-corrected chi connectivity index (χ3v) is 5.71. The molecule has 0 spiro atoms. The Morgan fingerprint density at radius 3 is 3.05 bits per heavy atom. The molecule has 1 atom stereocenters. The molecule has 2 heterocycles. The number of rotatable bonds is 4. The summed E-state index contributed by atoms with van der Waals surface area (Å²) in [7, 11) is 0. The molecule has 5 heteroatoms. The number of amides is 1. The predicted molar refractivity (Wildman–Crippen MR) is 100 cm³/mol. The van der Waals surface area contributed by atoms with Gasteiger partial charge in [-0.25, -0.2) is 0 Å². The van der Waals surface area contributed by atoms with Crippen molar-refractivity contribution < 1.29 is 4.79 Å². The monoisotopic (exact) mass is 426 g/mol. The van der Waals surface area contributed by atoms with Crippen LogP contribution in [0.5, 0.6) is 0 Å². The fraction of sp³-hybridized carbons (Fsp3) is 0.353.